The second-order valence-electron chi connectivity index (χ2n) is 4.80. The van der Waals surface area contributed by atoms with Crippen molar-refractivity contribution in [1.82, 2.24) is 4.90 Å². The van der Waals surface area contributed by atoms with Gasteiger partial charge in [-0.25, -0.2) is 4.39 Å². The monoisotopic (exact) mass is 252 g/mol. The Morgan fingerprint density at radius 1 is 1.28 bits per heavy atom. The molecule has 18 heavy (non-hydrogen) atoms. The normalized spacial score (nSPS) is 17.9. The Kier molecular flexibility index (Phi) is 4.96. The lowest BCUT2D eigenvalue weighted by Gasteiger charge is -2.31. The molecule has 3 nitrogen and oxygen atoms in total. The van der Waals surface area contributed by atoms with Crippen molar-refractivity contribution in [3.63, 3.8) is 0 Å². The van der Waals surface area contributed by atoms with Gasteiger partial charge in [-0.2, -0.15) is 0 Å². The molecule has 0 bridgehead atoms. The van der Waals surface area contributed by atoms with E-state index in [2.05, 4.69) is 4.90 Å². The lowest BCUT2D eigenvalue weighted by Crippen LogP contribution is -2.38. The van der Waals surface area contributed by atoms with Gasteiger partial charge in [-0.15, -0.1) is 0 Å². The molecule has 0 saturated carbocycles. The van der Waals surface area contributed by atoms with Crippen LogP contribution < -0.4 is 10.5 Å². The van der Waals surface area contributed by atoms with Crippen LogP contribution in [0.3, 0.4) is 0 Å². The zero-order valence-electron chi connectivity index (χ0n) is 10.6. The van der Waals surface area contributed by atoms with E-state index in [1.165, 1.54) is 6.07 Å². The van der Waals surface area contributed by atoms with Crippen molar-refractivity contribution in [2.24, 2.45) is 11.7 Å². The summed E-state index contributed by atoms with van der Waals surface area (Å²) in [5, 5.41) is 0. The molecule has 100 valence electrons. The molecule has 0 unspecified atom stereocenters. The fourth-order valence-corrected chi connectivity index (χ4v) is 2.29. The van der Waals surface area contributed by atoms with Gasteiger partial charge in [-0.3, -0.25) is 4.90 Å². The lowest BCUT2D eigenvalue weighted by molar-refractivity contribution is 0.155. The first-order valence-corrected chi connectivity index (χ1v) is 6.59. The van der Waals surface area contributed by atoms with E-state index < -0.39 is 0 Å². The van der Waals surface area contributed by atoms with Gasteiger partial charge in [-0.1, -0.05) is 12.1 Å². The number of rotatable bonds is 5. The third-order valence-corrected chi connectivity index (χ3v) is 3.54. The van der Waals surface area contributed by atoms with Crippen molar-refractivity contribution < 1.29 is 9.13 Å². The molecule has 2 N–H and O–H groups in total. The summed E-state index contributed by atoms with van der Waals surface area (Å²) < 4.78 is 18.8. The Labute approximate surface area is 108 Å². The van der Waals surface area contributed by atoms with Crippen LogP contribution in [-0.2, 0) is 0 Å². The van der Waals surface area contributed by atoms with Crippen LogP contribution in [-0.4, -0.2) is 37.7 Å². The van der Waals surface area contributed by atoms with Gasteiger partial charge < -0.3 is 10.5 Å². The van der Waals surface area contributed by atoms with E-state index in [0.29, 0.717) is 18.3 Å². The molecule has 0 atom stereocenters. The van der Waals surface area contributed by atoms with Gasteiger partial charge >= 0.3 is 0 Å². The van der Waals surface area contributed by atoms with Crippen LogP contribution in [0.1, 0.15) is 12.8 Å². The van der Waals surface area contributed by atoms with Gasteiger partial charge in [0.15, 0.2) is 11.6 Å². The van der Waals surface area contributed by atoms with Gasteiger partial charge in [0.25, 0.3) is 0 Å². The van der Waals surface area contributed by atoms with Crippen LogP contribution in [0.5, 0.6) is 5.75 Å². The lowest BCUT2D eigenvalue weighted by atomic mass is 9.97. The van der Waals surface area contributed by atoms with Crippen LogP contribution >= 0.6 is 0 Å². The van der Waals surface area contributed by atoms with Gasteiger partial charge in [0.05, 0.1) is 0 Å². The number of hydrogen-bond donors (Lipinski definition) is 1. The largest absolute Gasteiger partial charge is 0.489 e. The van der Waals surface area contributed by atoms with Crippen molar-refractivity contribution >= 4 is 0 Å². The first-order valence-electron chi connectivity index (χ1n) is 6.59. The smallest absolute Gasteiger partial charge is 0.165 e. The summed E-state index contributed by atoms with van der Waals surface area (Å²) in [6.07, 6.45) is 2.33. The molecular formula is C14H21FN2O. The van der Waals surface area contributed by atoms with Gasteiger partial charge in [-0.05, 0) is 50.5 Å². The molecule has 1 saturated heterocycles. The molecule has 1 aliphatic rings. The highest BCUT2D eigenvalue weighted by Gasteiger charge is 2.17. The SMILES string of the molecule is NCC1CCN(CCOc2ccccc2F)CC1. The Balaban J connectivity index is 1.69. The third kappa shape index (κ3) is 3.68. The van der Waals surface area contributed by atoms with E-state index in [4.69, 9.17) is 10.5 Å². The van der Waals surface area contributed by atoms with Gasteiger partial charge in [0.1, 0.15) is 6.61 Å². The summed E-state index contributed by atoms with van der Waals surface area (Å²) in [5.74, 6) is 0.724. The van der Waals surface area contributed by atoms with E-state index in [-0.39, 0.29) is 5.82 Å². The molecule has 1 heterocycles. The van der Waals surface area contributed by atoms with Crippen LogP contribution in [0.4, 0.5) is 4.39 Å². The predicted octanol–water partition coefficient (Wildman–Crippen LogP) is 1.88. The van der Waals surface area contributed by atoms with Crippen LogP contribution in [0.25, 0.3) is 0 Å². The summed E-state index contributed by atoms with van der Waals surface area (Å²) in [5.41, 5.74) is 5.66. The first kappa shape index (κ1) is 13.3. The maximum absolute atomic E-state index is 13.3. The van der Waals surface area contributed by atoms with Gasteiger partial charge in [0.2, 0.25) is 0 Å². The topological polar surface area (TPSA) is 38.5 Å². The van der Waals surface area contributed by atoms with E-state index >= 15 is 0 Å². The maximum atomic E-state index is 13.3. The van der Waals surface area contributed by atoms with E-state index in [9.17, 15) is 4.39 Å². The standard InChI is InChI=1S/C14H21FN2O/c15-13-3-1-2-4-14(13)18-10-9-17-7-5-12(11-16)6-8-17/h1-4,12H,5-11,16H2. The van der Waals surface area contributed by atoms with E-state index in [1.807, 2.05) is 0 Å². The molecule has 0 aliphatic carbocycles. The summed E-state index contributed by atoms with van der Waals surface area (Å²) in [7, 11) is 0. The van der Waals surface area contributed by atoms with Crippen molar-refractivity contribution in [2.75, 3.05) is 32.8 Å². The Morgan fingerprint density at radius 2 is 2.00 bits per heavy atom. The number of piperidine rings is 1. The Morgan fingerprint density at radius 3 is 2.67 bits per heavy atom. The number of benzene rings is 1. The van der Waals surface area contributed by atoms with Crippen LogP contribution in [0, 0.1) is 11.7 Å². The summed E-state index contributed by atoms with van der Waals surface area (Å²) in [6.45, 7) is 4.32. The fourth-order valence-electron chi connectivity index (χ4n) is 2.29. The third-order valence-electron chi connectivity index (χ3n) is 3.54. The summed E-state index contributed by atoms with van der Waals surface area (Å²) >= 11 is 0. The highest BCUT2D eigenvalue weighted by Crippen LogP contribution is 2.17. The van der Waals surface area contributed by atoms with Crippen LogP contribution in [0.2, 0.25) is 0 Å². The molecule has 0 radical (unpaired) electrons. The highest BCUT2D eigenvalue weighted by molar-refractivity contribution is 5.23. The summed E-state index contributed by atoms with van der Waals surface area (Å²) in [4.78, 5) is 2.35. The molecule has 2 rings (SSSR count). The van der Waals surface area contributed by atoms with Crippen molar-refractivity contribution in [2.45, 2.75) is 12.8 Å². The molecular weight excluding hydrogens is 231 g/mol. The quantitative estimate of drug-likeness (QED) is 0.869. The number of nitrogens with zero attached hydrogens (tertiary/aromatic N) is 1. The molecule has 1 fully saturated rings. The number of nitrogens with two attached hydrogens (primary N) is 1. The van der Waals surface area contributed by atoms with Crippen molar-refractivity contribution in [1.29, 1.82) is 0 Å². The van der Waals surface area contributed by atoms with E-state index in [0.717, 1.165) is 39.0 Å². The van der Waals surface area contributed by atoms with Gasteiger partial charge in [0, 0.05) is 6.54 Å². The second-order valence-corrected chi connectivity index (χ2v) is 4.80. The molecule has 4 heteroatoms. The number of hydrogen-bond acceptors (Lipinski definition) is 3. The average molecular weight is 252 g/mol. The Bertz CT molecular complexity index is 365. The summed E-state index contributed by atoms with van der Waals surface area (Å²) in [6, 6.07) is 6.53. The number of para-hydroxylation sites is 1. The number of likely N-dealkylation sites (tertiary alicyclic amines) is 1. The highest BCUT2D eigenvalue weighted by atomic mass is 19.1. The predicted molar refractivity (Wildman–Crippen MR) is 70.1 cm³/mol. The minimum atomic E-state index is -0.292. The zero-order chi connectivity index (χ0) is 12.8. The number of halogens is 1. The fraction of sp³-hybridized carbons (Fsp3) is 0.571. The molecule has 1 aromatic rings. The molecule has 0 aromatic heterocycles. The van der Waals surface area contributed by atoms with Crippen molar-refractivity contribution in [3.8, 4) is 5.75 Å². The average Bonchev–Trinajstić information content (AvgIpc) is 2.42. The Hall–Kier alpha value is -1.13. The molecule has 1 aliphatic heterocycles. The second kappa shape index (κ2) is 6.71. The van der Waals surface area contributed by atoms with Crippen LogP contribution in [0.15, 0.2) is 24.3 Å². The van der Waals surface area contributed by atoms with Crippen molar-refractivity contribution in [3.05, 3.63) is 30.1 Å². The number of ether oxygens (including phenoxy) is 1. The first-order chi connectivity index (χ1) is 8.79. The molecule has 0 spiro atoms. The minimum Gasteiger partial charge on any atom is -0.489 e. The molecule has 1 aromatic carbocycles. The minimum absolute atomic E-state index is 0.292. The van der Waals surface area contributed by atoms with E-state index in [1.54, 1.807) is 18.2 Å². The molecule has 0 amide bonds. The zero-order valence-corrected chi connectivity index (χ0v) is 10.6. The maximum Gasteiger partial charge on any atom is 0.165 e.